The fourth-order valence-electron chi connectivity index (χ4n) is 3.55. The predicted molar refractivity (Wildman–Crippen MR) is 116 cm³/mol. The van der Waals surface area contributed by atoms with Crippen LogP contribution in [-0.2, 0) is 0 Å². The summed E-state index contributed by atoms with van der Waals surface area (Å²) in [4.78, 5) is 15.6. The third-order valence-electron chi connectivity index (χ3n) is 5.00. The van der Waals surface area contributed by atoms with E-state index in [1.807, 2.05) is 13.0 Å². The number of ether oxygens (including phenoxy) is 2. The molecule has 1 aliphatic rings. The molecule has 0 fully saturated rings. The van der Waals surface area contributed by atoms with Crippen LogP contribution in [0.4, 0.5) is 0 Å². The first kappa shape index (κ1) is 21.3. The van der Waals surface area contributed by atoms with Crippen molar-refractivity contribution in [3.63, 3.8) is 0 Å². The van der Waals surface area contributed by atoms with Gasteiger partial charge in [0.05, 0.1) is 29.4 Å². The molecule has 154 valence electrons. The van der Waals surface area contributed by atoms with Crippen LogP contribution in [-0.4, -0.2) is 34.1 Å². The first-order valence-corrected chi connectivity index (χ1v) is 10.6. The molecular weight excluding hydrogens is 434 g/mol. The summed E-state index contributed by atoms with van der Waals surface area (Å²) in [5, 5.41) is 4.26. The van der Waals surface area contributed by atoms with Gasteiger partial charge in [-0.25, -0.2) is 4.98 Å². The Labute approximate surface area is 179 Å². The van der Waals surface area contributed by atoms with Gasteiger partial charge in [0, 0.05) is 6.20 Å². The summed E-state index contributed by atoms with van der Waals surface area (Å²) < 4.78 is 13.1. The zero-order chi connectivity index (χ0) is 21.0. The minimum Gasteiger partial charge on any atom is -0.493 e. The van der Waals surface area contributed by atoms with Crippen LogP contribution in [0.15, 0.2) is 34.9 Å². The average molecular weight is 460 g/mol. The zero-order valence-corrected chi connectivity index (χ0v) is 18.8. The number of benzene rings is 1. The minimum atomic E-state index is -0.101. The van der Waals surface area contributed by atoms with E-state index in [1.165, 1.54) is 49.6 Å². The fraction of sp³-hybridized carbons (Fsp3) is 0.409. The summed E-state index contributed by atoms with van der Waals surface area (Å²) >= 11 is 3.39. The van der Waals surface area contributed by atoms with Crippen molar-refractivity contribution in [2.75, 3.05) is 13.7 Å². The van der Waals surface area contributed by atoms with Crippen LogP contribution in [0.3, 0.4) is 0 Å². The van der Waals surface area contributed by atoms with E-state index in [2.05, 4.69) is 51.1 Å². The van der Waals surface area contributed by atoms with Crippen molar-refractivity contribution >= 4 is 27.4 Å². The van der Waals surface area contributed by atoms with Crippen molar-refractivity contribution in [2.24, 2.45) is 0 Å². The molecule has 0 saturated heterocycles. The fourth-order valence-corrected chi connectivity index (χ4v) is 3.90. The van der Waals surface area contributed by atoms with Crippen LogP contribution in [0.1, 0.15) is 60.6 Å². The van der Waals surface area contributed by atoms with Gasteiger partial charge in [-0.1, -0.05) is 31.5 Å². The number of halogens is 1. The number of methoxy groups -OCH3 is 1. The number of Topliss-reactive ketones (excluding diaryl/α,β-unsaturated/α-hetero) is 1. The maximum Gasteiger partial charge on any atom is 0.228 e. The quantitative estimate of drug-likeness (QED) is 0.490. The smallest absolute Gasteiger partial charge is 0.228 e. The Bertz CT molecular complexity index is 1020. The van der Waals surface area contributed by atoms with Gasteiger partial charge in [0.1, 0.15) is 5.75 Å². The number of carbonyl (C=O) groups is 1. The van der Waals surface area contributed by atoms with Gasteiger partial charge in [-0.2, -0.15) is 9.61 Å². The standard InChI is InChI=1S/C12H16O.C10H10BrN3O2/c1-2-5-10-8-9-13-12-7-4-3-6-11(10)12;1-5-8(11)9-12-4-7(6(2)15)10(16-3)14(9)13-5/h3-4,6-7,10H,2,5,8-9H2,1H3;4H,1-3H3. The molecule has 3 aromatic rings. The molecule has 6 nitrogen and oxygen atoms in total. The number of carbonyl (C=O) groups excluding carboxylic acids is 1. The number of aryl methyl sites for hydroxylation is 1. The maximum atomic E-state index is 11.4. The van der Waals surface area contributed by atoms with Crippen molar-refractivity contribution in [1.29, 1.82) is 0 Å². The molecular formula is C22H26BrN3O3. The Balaban J connectivity index is 0.000000169. The molecule has 29 heavy (non-hydrogen) atoms. The first-order chi connectivity index (χ1) is 14.0. The lowest BCUT2D eigenvalue weighted by Gasteiger charge is -2.25. The minimum absolute atomic E-state index is 0.101. The number of hydrogen-bond donors (Lipinski definition) is 0. The molecule has 0 radical (unpaired) electrons. The molecule has 7 heteroatoms. The molecule has 0 N–H and O–H groups in total. The molecule has 1 aromatic carbocycles. The molecule has 0 spiro atoms. The van der Waals surface area contributed by atoms with E-state index in [-0.39, 0.29) is 5.78 Å². The molecule has 0 aliphatic carbocycles. The summed E-state index contributed by atoms with van der Waals surface area (Å²) in [7, 11) is 1.51. The number of rotatable bonds is 4. The van der Waals surface area contributed by atoms with E-state index in [0.717, 1.165) is 28.4 Å². The van der Waals surface area contributed by atoms with Crippen LogP contribution in [0, 0.1) is 6.92 Å². The highest BCUT2D eigenvalue weighted by molar-refractivity contribution is 9.10. The molecule has 1 unspecified atom stereocenters. The van der Waals surface area contributed by atoms with E-state index < -0.39 is 0 Å². The highest BCUT2D eigenvalue weighted by Gasteiger charge is 2.19. The highest BCUT2D eigenvalue weighted by Crippen LogP contribution is 2.35. The Morgan fingerprint density at radius 2 is 2.14 bits per heavy atom. The lowest BCUT2D eigenvalue weighted by atomic mass is 9.89. The van der Waals surface area contributed by atoms with Crippen molar-refractivity contribution in [2.45, 2.75) is 46.0 Å². The average Bonchev–Trinajstić information content (AvgIpc) is 3.02. The Morgan fingerprint density at radius 3 is 2.83 bits per heavy atom. The third kappa shape index (κ3) is 4.45. The number of nitrogens with zero attached hydrogens (tertiary/aromatic N) is 3. The largest absolute Gasteiger partial charge is 0.493 e. The van der Waals surface area contributed by atoms with Crippen LogP contribution < -0.4 is 9.47 Å². The van der Waals surface area contributed by atoms with Gasteiger partial charge < -0.3 is 9.47 Å². The molecule has 3 heterocycles. The van der Waals surface area contributed by atoms with E-state index in [4.69, 9.17) is 9.47 Å². The van der Waals surface area contributed by atoms with E-state index in [1.54, 1.807) is 0 Å². The number of aromatic nitrogens is 3. The van der Waals surface area contributed by atoms with E-state index in [9.17, 15) is 4.79 Å². The van der Waals surface area contributed by atoms with Gasteiger partial charge in [0.15, 0.2) is 11.4 Å². The maximum absolute atomic E-state index is 11.4. The number of fused-ring (bicyclic) bond motifs is 2. The second-order valence-corrected chi connectivity index (χ2v) is 7.83. The summed E-state index contributed by atoms with van der Waals surface area (Å²) in [6.45, 7) is 6.46. The summed E-state index contributed by atoms with van der Waals surface area (Å²) in [6, 6.07) is 8.44. The second kappa shape index (κ2) is 9.39. The van der Waals surface area contributed by atoms with Gasteiger partial charge in [-0.15, -0.1) is 0 Å². The van der Waals surface area contributed by atoms with Gasteiger partial charge in [-0.05, 0) is 60.2 Å². The lowest BCUT2D eigenvalue weighted by Crippen LogP contribution is -2.13. The Morgan fingerprint density at radius 1 is 1.38 bits per heavy atom. The lowest BCUT2D eigenvalue weighted by molar-refractivity contribution is 0.101. The van der Waals surface area contributed by atoms with Gasteiger partial charge in [0.2, 0.25) is 5.88 Å². The monoisotopic (exact) mass is 459 g/mol. The van der Waals surface area contributed by atoms with Crippen molar-refractivity contribution < 1.29 is 14.3 Å². The second-order valence-electron chi connectivity index (χ2n) is 7.03. The van der Waals surface area contributed by atoms with Crippen LogP contribution in [0.25, 0.3) is 5.65 Å². The highest BCUT2D eigenvalue weighted by atomic mass is 79.9. The topological polar surface area (TPSA) is 65.7 Å². The summed E-state index contributed by atoms with van der Waals surface area (Å²) in [5.74, 6) is 2.14. The summed E-state index contributed by atoms with van der Waals surface area (Å²) in [6.07, 6.45) is 5.24. The summed E-state index contributed by atoms with van der Waals surface area (Å²) in [5.41, 5.74) is 3.27. The number of para-hydroxylation sites is 1. The molecule has 1 aliphatic heterocycles. The Hall–Kier alpha value is -2.41. The molecule has 4 rings (SSSR count). The van der Waals surface area contributed by atoms with E-state index >= 15 is 0 Å². The Kier molecular flexibility index (Phi) is 6.90. The van der Waals surface area contributed by atoms with Crippen LogP contribution in [0.2, 0.25) is 0 Å². The van der Waals surface area contributed by atoms with Crippen molar-refractivity contribution in [3.05, 3.63) is 51.8 Å². The SMILES string of the molecule is CCCC1CCOc2ccccc21.COc1c(C(C)=O)cnc2c(Br)c(C)nn12. The zero-order valence-electron chi connectivity index (χ0n) is 17.2. The number of hydrogen-bond acceptors (Lipinski definition) is 5. The van der Waals surface area contributed by atoms with E-state index in [0.29, 0.717) is 17.1 Å². The molecule has 0 amide bonds. The number of ketones is 1. The predicted octanol–water partition coefficient (Wildman–Crippen LogP) is 5.36. The third-order valence-corrected chi connectivity index (χ3v) is 5.92. The van der Waals surface area contributed by atoms with Gasteiger partial charge >= 0.3 is 0 Å². The first-order valence-electron chi connectivity index (χ1n) is 9.78. The van der Waals surface area contributed by atoms with Gasteiger partial charge in [-0.3, -0.25) is 4.79 Å². The van der Waals surface area contributed by atoms with Crippen LogP contribution in [0.5, 0.6) is 11.6 Å². The van der Waals surface area contributed by atoms with Gasteiger partial charge in [0.25, 0.3) is 0 Å². The van der Waals surface area contributed by atoms with Crippen molar-refractivity contribution in [1.82, 2.24) is 14.6 Å². The normalized spacial score (nSPS) is 15.1. The molecule has 1 atom stereocenters. The van der Waals surface area contributed by atoms with Crippen LogP contribution >= 0.6 is 15.9 Å². The molecule has 0 saturated carbocycles. The molecule has 0 bridgehead atoms. The van der Waals surface area contributed by atoms with Crippen molar-refractivity contribution in [3.8, 4) is 11.6 Å². The molecule has 2 aromatic heterocycles.